The molecule has 86 valence electrons. The van der Waals surface area contributed by atoms with E-state index in [2.05, 4.69) is 15.2 Å². The molecule has 0 aliphatic carbocycles. The molecule has 0 saturated heterocycles. The highest BCUT2D eigenvalue weighted by Crippen LogP contribution is 2.31. The number of aromatic nitrogens is 1. The molecule has 5 heteroatoms. The van der Waals surface area contributed by atoms with Gasteiger partial charge >= 0.3 is 0 Å². The standard InChI is InChI=1S/C12H9Cl2N3/c13-10-7-15-8-11(14)12(10)17-16-6-9-4-2-1-3-5-9/h1-5,7-8H,6H2. The summed E-state index contributed by atoms with van der Waals surface area (Å²) in [5.41, 5.74) is 1.54. The Bertz CT molecular complexity index is 506. The van der Waals surface area contributed by atoms with Crippen molar-refractivity contribution in [2.45, 2.75) is 6.54 Å². The van der Waals surface area contributed by atoms with Gasteiger partial charge in [0.25, 0.3) is 0 Å². The topological polar surface area (TPSA) is 37.6 Å². The van der Waals surface area contributed by atoms with E-state index in [1.165, 1.54) is 12.4 Å². The molecule has 0 aliphatic heterocycles. The highest BCUT2D eigenvalue weighted by molar-refractivity contribution is 6.38. The fourth-order valence-corrected chi connectivity index (χ4v) is 1.71. The number of nitrogens with zero attached hydrogens (tertiary/aromatic N) is 3. The molecule has 0 bridgehead atoms. The zero-order chi connectivity index (χ0) is 12.1. The van der Waals surface area contributed by atoms with Crippen molar-refractivity contribution >= 4 is 28.9 Å². The lowest BCUT2D eigenvalue weighted by molar-refractivity contribution is 0.958. The number of halogens is 2. The van der Waals surface area contributed by atoms with Crippen LogP contribution >= 0.6 is 23.2 Å². The van der Waals surface area contributed by atoms with Gasteiger partial charge in [-0.1, -0.05) is 53.5 Å². The Balaban J connectivity index is 2.11. The maximum absolute atomic E-state index is 5.91. The Labute approximate surface area is 109 Å². The van der Waals surface area contributed by atoms with Crippen LogP contribution in [-0.2, 0) is 6.54 Å². The number of pyridine rings is 1. The normalized spacial score (nSPS) is 10.9. The second-order valence-corrected chi connectivity index (χ2v) is 4.15. The average molecular weight is 266 g/mol. The molecule has 0 unspecified atom stereocenters. The zero-order valence-electron chi connectivity index (χ0n) is 8.85. The van der Waals surface area contributed by atoms with Crippen molar-refractivity contribution in [2.75, 3.05) is 0 Å². The maximum Gasteiger partial charge on any atom is 0.126 e. The van der Waals surface area contributed by atoms with Crippen molar-refractivity contribution in [2.24, 2.45) is 10.2 Å². The van der Waals surface area contributed by atoms with Crippen LogP contribution in [0.25, 0.3) is 0 Å². The zero-order valence-corrected chi connectivity index (χ0v) is 10.4. The molecule has 1 heterocycles. The smallest absolute Gasteiger partial charge is 0.126 e. The van der Waals surface area contributed by atoms with Crippen molar-refractivity contribution in [3.05, 3.63) is 58.3 Å². The van der Waals surface area contributed by atoms with Crippen LogP contribution in [0.3, 0.4) is 0 Å². The molecule has 0 atom stereocenters. The number of hydrogen-bond donors (Lipinski definition) is 0. The van der Waals surface area contributed by atoms with E-state index in [1.807, 2.05) is 30.3 Å². The molecule has 0 fully saturated rings. The van der Waals surface area contributed by atoms with Crippen molar-refractivity contribution in [1.29, 1.82) is 0 Å². The van der Waals surface area contributed by atoms with E-state index in [0.29, 0.717) is 22.3 Å². The molecule has 0 amide bonds. The summed E-state index contributed by atoms with van der Waals surface area (Å²) in [5.74, 6) is 0. The second-order valence-electron chi connectivity index (χ2n) is 3.34. The summed E-state index contributed by atoms with van der Waals surface area (Å²) < 4.78 is 0. The van der Waals surface area contributed by atoms with Crippen LogP contribution in [-0.4, -0.2) is 4.98 Å². The van der Waals surface area contributed by atoms with Crippen LogP contribution in [0.15, 0.2) is 53.0 Å². The van der Waals surface area contributed by atoms with Gasteiger partial charge in [0.1, 0.15) is 5.69 Å². The van der Waals surface area contributed by atoms with E-state index in [9.17, 15) is 0 Å². The third-order valence-corrected chi connectivity index (χ3v) is 2.65. The Kier molecular flexibility index (Phi) is 4.07. The summed E-state index contributed by atoms with van der Waals surface area (Å²) in [6.07, 6.45) is 2.98. The quantitative estimate of drug-likeness (QED) is 0.743. The van der Waals surface area contributed by atoms with Gasteiger partial charge in [-0.3, -0.25) is 4.98 Å². The second kappa shape index (κ2) is 5.75. The van der Waals surface area contributed by atoms with E-state index >= 15 is 0 Å². The van der Waals surface area contributed by atoms with Crippen LogP contribution in [0, 0.1) is 0 Å². The first kappa shape index (κ1) is 12.0. The number of rotatable bonds is 3. The van der Waals surface area contributed by atoms with Crippen LogP contribution in [0.4, 0.5) is 5.69 Å². The fourth-order valence-electron chi connectivity index (χ4n) is 1.27. The molecule has 0 saturated carbocycles. The van der Waals surface area contributed by atoms with Crippen molar-refractivity contribution in [3.8, 4) is 0 Å². The van der Waals surface area contributed by atoms with E-state index in [1.54, 1.807) is 0 Å². The van der Waals surface area contributed by atoms with Gasteiger partial charge in [-0.05, 0) is 5.56 Å². The molecule has 0 N–H and O–H groups in total. The SMILES string of the molecule is Clc1cncc(Cl)c1N=NCc1ccccc1. The number of hydrogen-bond acceptors (Lipinski definition) is 3. The Morgan fingerprint density at radius 1 is 1.00 bits per heavy atom. The lowest BCUT2D eigenvalue weighted by atomic mass is 10.2. The van der Waals surface area contributed by atoms with Gasteiger partial charge in [0.15, 0.2) is 0 Å². The van der Waals surface area contributed by atoms with Crippen molar-refractivity contribution in [3.63, 3.8) is 0 Å². The molecular formula is C12H9Cl2N3. The minimum absolute atomic E-state index is 0.398. The summed E-state index contributed by atoms with van der Waals surface area (Å²) in [6, 6.07) is 9.83. The highest BCUT2D eigenvalue weighted by atomic mass is 35.5. The largest absolute Gasteiger partial charge is 0.261 e. The third-order valence-electron chi connectivity index (χ3n) is 2.10. The average Bonchev–Trinajstić information content (AvgIpc) is 2.34. The Hall–Kier alpha value is -1.45. The van der Waals surface area contributed by atoms with Crippen LogP contribution < -0.4 is 0 Å². The number of benzene rings is 1. The minimum atomic E-state index is 0.398. The molecule has 0 spiro atoms. The van der Waals surface area contributed by atoms with Crippen LogP contribution in [0.1, 0.15) is 5.56 Å². The van der Waals surface area contributed by atoms with Gasteiger partial charge < -0.3 is 0 Å². The lowest BCUT2D eigenvalue weighted by Gasteiger charge is -1.98. The van der Waals surface area contributed by atoms with E-state index < -0.39 is 0 Å². The maximum atomic E-state index is 5.91. The first-order chi connectivity index (χ1) is 8.27. The van der Waals surface area contributed by atoms with Crippen molar-refractivity contribution < 1.29 is 0 Å². The summed E-state index contributed by atoms with van der Waals surface area (Å²) in [6.45, 7) is 0.496. The molecule has 2 rings (SSSR count). The van der Waals surface area contributed by atoms with Gasteiger partial charge in [0, 0.05) is 12.4 Å². The first-order valence-electron chi connectivity index (χ1n) is 4.98. The van der Waals surface area contributed by atoms with E-state index in [-0.39, 0.29) is 0 Å². The Morgan fingerprint density at radius 2 is 1.65 bits per heavy atom. The van der Waals surface area contributed by atoms with Crippen LogP contribution in [0.5, 0.6) is 0 Å². The van der Waals surface area contributed by atoms with Gasteiger partial charge in [0.05, 0.1) is 16.6 Å². The fraction of sp³-hybridized carbons (Fsp3) is 0.0833. The third kappa shape index (κ3) is 3.25. The summed E-state index contributed by atoms with van der Waals surface area (Å²) >= 11 is 11.8. The van der Waals surface area contributed by atoms with Crippen molar-refractivity contribution in [1.82, 2.24) is 4.98 Å². The highest BCUT2D eigenvalue weighted by Gasteiger charge is 2.04. The van der Waals surface area contributed by atoms with Gasteiger partial charge in [0.2, 0.25) is 0 Å². The molecule has 17 heavy (non-hydrogen) atoms. The predicted molar refractivity (Wildman–Crippen MR) is 68.9 cm³/mol. The molecule has 1 aromatic carbocycles. The molecular weight excluding hydrogens is 257 g/mol. The number of azo groups is 1. The molecule has 0 radical (unpaired) electrons. The lowest BCUT2D eigenvalue weighted by Crippen LogP contribution is -1.79. The van der Waals surface area contributed by atoms with E-state index in [4.69, 9.17) is 23.2 Å². The monoisotopic (exact) mass is 265 g/mol. The summed E-state index contributed by atoms with van der Waals surface area (Å²) in [5, 5.41) is 8.88. The Morgan fingerprint density at radius 3 is 2.29 bits per heavy atom. The molecule has 1 aromatic heterocycles. The predicted octanol–water partition coefficient (Wildman–Crippen LogP) is 4.67. The first-order valence-corrected chi connectivity index (χ1v) is 5.73. The van der Waals surface area contributed by atoms with Gasteiger partial charge in [-0.15, -0.1) is 0 Å². The molecule has 3 nitrogen and oxygen atoms in total. The minimum Gasteiger partial charge on any atom is -0.261 e. The molecule has 2 aromatic rings. The summed E-state index contributed by atoms with van der Waals surface area (Å²) in [4.78, 5) is 3.85. The van der Waals surface area contributed by atoms with Crippen LogP contribution in [0.2, 0.25) is 10.0 Å². The van der Waals surface area contributed by atoms with Gasteiger partial charge in [-0.2, -0.15) is 10.2 Å². The molecule has 0 aliphatic rings. The van der Waals surface area contributed by atoms with Gasteiger partial charge in [-0.25, -0.2) is 0 Å². The summed E-state index contributed by atoms with van der Waals surface area (Å²) in [7, 11) is 0. The van der Waals surface area contributed by atoms with E-state index in [0.717, 1.165) is 5.56 Å².